The third-order valence-electron chi connectivity index (χ3n) is 6.62. The van der Waals surface area contributed by atoms with Crippen LogP contribution in [-0.2, 0) is 20.9 Å². The van der Waals surface area contributed by atoms with Crippen LogP contribution in [0, 0.1) is 23.7 Å². The van der Waals surface area contributed by atoms with Crippen molar-refractivity contribution in [2.24, 2.45) is 28.8 Å². The molecule has 6 atom stereocenters. The molecule has 0 unspecified atom stereocenters. The number of likely N-dealkylation sites (tertiary alicyclic amines) is 1. The summed E-state index contributed by atoms with van der Waals surface area (Å²) in [6.45, 7) is 2.06. The van der Waals surface area contributed by atoms with Crippen LogP contribution in [0.2, 0.25) is 0 Å². The number of carbonyl (C=O) groups is 3. The number of ether oxygens (including phenoxy) is 1. The Bertz CT molecular complexity index is 888. The van der Waals surface area contributed by atoms with Crippen molar-refractivity contribution in [2.45, 2.75) is 44.9 Å². The third kappa shape index (κ3) is 3.95. The fraction of sp³-hybridized carbons (Fsp3) is 0.545. The summed E-state index contributed by atoms with van der Waals surface area (Å²) in [7, 11) is 0. The van der Waals surface area contributed by atoms with Gasteiger partial charge in [-0.3, -0.25) is 14.5 Å². The average molecular weight is 429 g/mol. The van der Waals surface area contributed by atoms with Gasteiger partial charge >= 0.3 is 6.09 Å². The van der Waals surface area contributed by atoms with Gasteiger partial charge in [-0.25, -0.2) is 10.2 Å². The first-order valence-electron chi connectivity index (χ1n) is 10.7. The normalized spacial score (nSPS) is 33.8. The van der Waals surface area contributed by atoms with E-state index in [0.29, 0.717) is 18.6 Å². The minimum absolute atomic E-state index is 0.0853. The molecule has 2 saturated carbocycles. The molecule has 0 bridgehead atoms. The molecule has 9 heteroatoms. The lowest BCUT2D eigenvalue weighted by molar-refractivity contribution is -0.142. The van der Waals surface area contributed by atoms with Crippen molar-refractivity contribution in [1.29, 1.82) is 0 Å². The molecule has 1 heterocycles. The molecule has 3 amide bonds. The average Bonchev–Trinajstić information content (AvgIpc) is 3.00. The quantitative estimate of drug-likeness (QED) is 0.485. The molecule has 4 rings (SSSR count). The Labute approximate surface area is 180 Å². The Morgan fingerprint density at radius 2 is 1.87 bits per heavy atom. The molecule has 31 heavy (non-hydrogen) atoms. The second-order valence-corrected chi connectivity index (χ2v) is 8.34. The molecule has 9 nitrogen and oxygen atoms in total. The maximum atomic E-state index is 13.3. The monoisotopic (exact) mass is 429 g/mol. The van der Waals surface area contributed by atoms with Crippen LogP contribution in [0.25, 0.3) is 0 Å². The van der Waals surface area contributed by atoms with Crippen molar-refractivity contribution < 1.29 is 29.3 Å². The Hall–Kier alpha value is -2.78. The first kappa shape index (κ1) is 21.5. The van der Waals surface area contributed by atoms with E-state index in [-0.39, 0.29) is 37.3 Å². The number of hydrogen-bond donors (Lipinski definition) is 3. The van der Waals surface area contributed by atoms with E-state index in [1.54, 1.807) is 6.92 Å². The standard InChI is InChI=1S/C22H27N3O6/c1-2-31-22(30)24-23-15-10-16(26)19(27)17-13(15)8-9-14-18(17)21(29)25(20(14)28)11-12-6-4-3-5-7-12/h3-7,13-14,16-19,26-27H,2,8-11H2,1H3,(H,24,30)/t13-,14-,16-,17+,18-,19-/m1/s1. The summed E-state index contributed by atoms with van der Waals surface area (Å²) in [6.07, 6.45) is -1.87. The molecule has 0 radical (unpaired) electrons. The highest BCUT2D eigenvalue weighted by atomic mass is 16.5. The van der Waals surface area contributed by atoms with Crippen LogP contribution >= 0.6 is 0 Å². The zero-order valence-electron chi connectivity index (χ0n) is 17.3. The molecule has 3 aliphatic rings. The van der Waals surface area contributed by atoms with Gasteiger partial charge in [-0.1, -0.05) is 30.3 Å². The molecule has 2 aliphatic carbocycles. The van der Waals surface area contributed by atoms with Crippen LogP contribution in [0.4, 0.5) is 4.79 Å². The highest BCUT2D eigenvalue weighted by Gasteiger charge is 2.59. The fourth-order valence-corrected chi connectivity index (χ4v) is 5.27. The van der Waals surface area contributed by atoms with Gasteiger partial charge < -0.3 is 14.9 Å². The van der Waals surface area contributed by atoms with Crippen molar-refractivity contribution in [1.82, 2.24) is 10.3 Å². The number of aliphatic hydroxyl groups is 2. The Kier molecular flexibility index (Phi) is 6.06. The van der Waals surface area contributed by atoms with Crippen LogP contribution in [-0.4, -0.2) is 57.5 Å². The number of hydrogen-bond acceptors (Lipinski definition) is 7. The molecule has 3 N–H and O–H groups in total. The van der Waals surface area contributed by atoms with Crippen molar-refractivity contribution in [3.8, 4) is 0 Å². The number of aliphatic hydroxyl groups excluding tert-OH is 2. The molecular weight excluding hydrogens is 402 g/mol. The van der Waals surface area contributed by atoms with Crippen LogP contribution in [0.3, 0.4) is 0 Å². The topological polar surface area (TPSA) is 129 Å². The van der Waals surface area contributed by atoms with E-state index in [0.717, 1.165) is 5.56 Å². The number of fused-ring (bicyclic) bond motifs is 3. The van der Waals surface area contributed by atoms with E-state index in [2.05, 4.69) is 10.5 Å². The lowest BCUT2D eigenvalue weighted by Gasteiger charge is -2.45. The third-order valence-corrected chi connectivity index (χ3v) is 6.62. The minimum Gasteiger partial charge on any atom is -0.449 e. The maximum Gasteiger partial charge on any atom is 0.427 e. The molecule has 0 spiro atoms. The number of nitrogens with zero attached hydrogens (tertiary/aromatic N) is 2. The second kappa shape index (κ2) is 8.76. The highest BCUT2D eigenvalue weighted by molar-refractivity contribution is 6.06. The summed E-state index contributed by atoms with van der Waals surface area (Å²) in [4.78, 5) is 39.2. The number of amides is 3. The number of hydrazone groups is 1. The maximum absolute atomic E-state index is 13.3. The summed E-state index contributed by atoms with van der Waals surface area (Å²) < 4.78 is 4.81. The van der Waals surface area contributed by atoms with Gasteiger partial charge in [0.25, 0.3) is 0 Å². The molecule has 1 aromatic rings. The van der Waals surface area contributed by atoms with Gasteiger partial charge in [0.1, 0.15) is 0 Å². The lowest BCUT2D eigenvalue weighted by atomic mass is 9.60. The number of nitrogens with one attached hydrogen (secondary N) is 1. The first-order chi connectivity index (χ1) is 14.9. The lowest BCUT2D eigenvalue weighted by Crippen LogP contribution is -2.55. The van der Waals surface area contributed by atoms with Crippen molar-refractivity contribution in [3.63, 3.8) is 0 Å². The number of imide groups is 1. The van der Waals surface area contributed by atoms with Crippen LogP contribution in [0.1, 0.15) is 31.7 Å². The van der Waals surface area contributed by atoms with Crippen LogP contribution in [0.15, 0.2) is 35.4 Å². The smallest absolute Gasteiger partial charge is 0.427 e. The SMILES string of the molecule is CCOC(=O)NN=C1C[C@@H](O)[C@@H](O)[C@@H]2[C@@H]3C(=O)N(Cc4ccccc4)C(=O)[C@@H]3CC[C@H]12. The van der Waals surface area contributed by atoms with E-state index >= 15 is 0 Å². The molecule has 1 saturated heterocycles. The van der Waals surface area contributed by atoms with Crippen molar-refractivity contribution in [2.75, 3.05) is 6.61 Å². The number of benzene rings is 1. The molecule has 0 aromatic heterocycles. The van der Waals surface area contributed by atoms with Gasteiger partial charge in [-0.15, -0.1) is 0 Å². The zero-order valence-corrected chi connectivity index (χ0v) is 17.3. The van der Waals surface area contributed by atoms with Gasteiger partial charge in [0.05, 0.1) is 37.2 Å². The minimum atomic E-state index is -1.15. The molecule has 3 fully saturated rings. The van der Waals surface area contributed by atoms with Gasteiger partial charge in [-0.2, -0.15) is 5.10 Å². The largest absolute Gasteiger partial charge is 0.449 e. The molecule has 1 aliphatic heterocycles. The molecule has 166 valence electrons. The first-order valence-corrected chi connectivity index (χ1v) is 10.7. The summed E-state index contributed by atoms with van der Waals surface area (Å²) in [6, 6.07) is 9.28. The molecular formula is C22H27N3O6. The van der Waals surface area contributed by atoms with Crippen molar-refractivity contribution in [3.05, 3.63) is 35.9 Å². The summed E-state index contributed by atoms with van der Waals surface area (Å²) in [5, 5.41) is 25.4. The van der Waals surface area contributed by atoms with Gasteiger partial charge in [-0.05, 0) is 25.3 Å². The Morgan fingerprint density at radius 3 is 2.58 bits per heavy atom. The Balaban J connectivity index is 1.59. The van der Waals surface area contributed by atoms with Gasteiger partial charge in [0.15, 0.2) is 0 Å². The van der Waals surface area contributed by atoms with E-state index < -0.39 is 36.1 Å². The van der Waals surface area contributed by atoms with E-state index in [4.69, 9.17) is 4.74 Å². The Morgan fingerprint density at radius 1 is 1.16 bits per heavy atom. The van der Waals surface area contributed by atoms with Crippen molar-refractivity contribution >= 4 is 23.6 Å². The number of rotatable bonds is 4. The van der Waals surface area contributed by atoms with Crippen LogP contribution < -0.4 is 5.43 Å². The summed E-state index contributed by atoms with van der Waals surface area (Å²) >= 11 is 0. The highest BCUT2D eigenvalue weighted by Crippen LogP contribution is 2.49. The molecule has 1 aromatic carbocycles. The van der Waals surface area contributed by atoms with E-state index in [9.17, 15) is 24.6 Å². The van der Waals surface area contributed by atoms with Gasteiger partial charge in [0.2, 0.25) is 11.8 Å². The summed E-state index contributed by atoms with van der Waals surface area (Å²) in [5.74, 6) is -2.73. The predicted molar refractivity (Wildman–Crippen MR) is 109 cm³/mol. The van der Waals surface area contributed by atoms with Crippen LogP contribution in [0.5, 0.6) is 0 Å². The fourth-order valence-electron chi connectivity index (χ4n) is 5.27. The predicted octanol–water partition coefficient (Wildman–Crippen LogP) is 1.04. The number of carbonyl (C=O) groups excluding carboxylic acids is 3. The second-order valence-electron chi connectivity index (χ2n) is 8.34. The van der Waals surface area contributed by atoms with E-state index in [1.807, 2.05) is 30.3 Å². The summed E-state index contributed by atoms with van der Waals surface area (Å²) in [5.41, 5.74) is 3.68. The zero-order chi connectivity index (χ0) is 22.1. The van der Waals surface area contributed by atoms with Gasteiger partial charge in [0, 0.05) is 24.0 Å². The van der Waals surface area contributed by atoms with E-state index in [1.165, 1.54) is 4.90 Å².